The summed E-state index contributed by atoms with van der Waals surface area (Å²) in [6, 6.07) is 14.3. The third-order valence-corrected chi connectivity index (χ3v) is 4.93. The average Bonchev–Trinajstić information content (AvgIpc) is 3.08. The lowest BCUT2D eigenvalue weighted by Crippen LogP contribution is -2.20. The van der Waals surface area contributed by atoms with Gasteiger partial charge in [-0.15, -0.1) is 0 Å². The Kier molecular flexibility index (Phi) is 3.85. The molecule has 0 aliphatic heterocycles. The van der Waals surface area contributed by atoms with E-state index in [0.717, 1.165) is 5.39 Å². The molecule has 0 spiro atoms. The van der Waals surface area contributed by atoms with Crippen LogP contribution in [-0.4, -0.2) is 24.8 Å². The van der Waals surface area contributed by atoms with E-state index in [1.807, 2.05) is 18.2 Å². The third kappa shape index (κ3) is 2.75. The summed E-state index contributed by atoms with van der Waals surface area (Å²) in [5.74, 6) is -0.182. The Balaban J connectivity index is 1.98. The van der Waals surface area contributed by atoms with E-state index in [9.17, 15) is 9.59 Å². The van der Waals surface area contributed by atoms with Crippen LogP contribution in [0.5, 0.6) is 0 Å². The van der Waals surface area contributed by atoms with Crippen molar-refractivity contribution >= 4 is 50.8 Å². The van der Waals surface area contributed by atoms with E-state index in [2.05, 4.69) is 10.3 Å². The van der Waals surface area contributed by atoms with Crippen molar-refractivity contribution < 1.29 is 4.79 Å². The molecule has 0 bridgehead atoms. The van der Waals surface area contributed by atoms with E-state index in [0.29, 0.717) is 38.7 Å². The van der Waals surface area contributed by atoms with Crippen LogP contribution in [0.3, 0.4) is 0 Å². The number of aromatic nitrogens is 4. The van der Waals surface area contributed by atoms with Crippen molar-refractivity contribution in [3.05, 3.63) is 76.4 Å². The number of imidazole rings is 1. The third-order valence-electron chi connectivity index (χ3n) is 4.71. The molecular weight excluding hydrogens is 390 g/mol. The highest BCUT2D eigenvalue weighted by Gasteiger charge is 2.18. The monoisotopic (exact) mass is 403 g/mol. The summed E-state index contributed by atoms with van der Waals surface area (Å²) >= 11 is 5.94. The van der Waals surface area contributed by atoms with Gasteiger partial charge in [0.15, 0.2) is 5.65 Å². The lowest BCUT2D eigenvalue weighted by molar-refractivity contribution is -0.114. The summed E-state index contributed by atoms with van der Waals surface area (Å²) < 4.78 is 3.36. The number of amides is 1. The molecule has 0 radical (unpaired) electrons. The lowest BCUT2D eigenvalue weighted by Gasteiger charge is -2.11. The molecule has 0 atom stereocenters. The highest BCUT2D eigenvalue weighted by Crippen LogP contribution is 2.27. The number of carbonyl (C=O) groups is 1. The number of halogens is 1. The van der Waals surface area contributed by atoms with E-state index in [-0.39, 0.29) is 11.5 Å². The van der Waals surface area contributed by atoms with E-state index in [4.69, 9.17) is 16.6 Å². The highest BCUT2D eigenvalue weighted by atomic mass is 35.5. The van der Waals surface area contributed by atoms with Crippen molar-refractivity contribution in [3.63, 3.8) is 0 Å². The van der Waals surface area contributed by atoms with Gasteiger partial charge in [-0.3, -0.25) is 18.6 Å². The normalized spacial score (nSPS) is 11.4. The average molecular weight is 404 g/mol. The minimum Gasteiger partial charge on any atom is -0.325 e. The van der Waals surface area contributed by atoms with Crippen molar-refractivity contribution in [3.8, 4) is 5.69 Å². The first kappa shape index (κ1) is 17.4. The maximum atomic E-state index is 13.4. The molecule has 5 rings (SSSR count). The first-order chi connectivity index (χ1) is 14.0. The Morgan fingerprint density at radius 1 is 1.07 bits per heavy atom. The number of nitrogens with one attached hydrogen (secondary N) is 1. The van der Waals surface area contributed by atoms with E-state index in [1.54, 1.807) is 51.7 Å². The molecule has 0 saturated carbocycles. The van der Waals surface area contributed by atoms with Gasteiger partial charge in [0, 0.05) is 23.9 Å². The smallest absolute Gasteiger partial charge is 0.264 e. The van der Waals surface area contributed by atoms with Crippen molar-refractivity contribution in [1.82, 2.24) is 18.9 Å². The minimum atomic E-state index is -0.191. The lowest BCUT2D eigenvalue weighted by atomic mass is 10.1. The molecule has 5 aromatic rings. The minimum absolute atomic E-state index is 0.182. The van der Waals surface area contributed by atoms with Gasteiger partial charge in [0.1, 0.15) is 16.3 Å². The quantitative estimate of drug-likeness (QED) is 0.454. The number of benzene rings is 1. The zero-order chi connectivity index (χ0) is 20.1. The summed E-state index contributed by atoms with van der Waals surface area (Å²) in [6.45, 7) is 1.44. The summed E-state index contributed by atoms with van der Waals surface area (Å²) in [4.78, 5) is 33.8. The van der Waals surface area contributed by atoms with Gasteiger partial charge in [0.25, 0.3) is 5.56 Å². The number of rotatable bonds is 2. The number of hydrogen-bond donors (Lipinski definition) is 1. The second-order valence-electron chi connectivity index (χ2n) is 6.64. The van der Waals surface area contributed by atoms with Crippen LogP contribution in [0.25, 0.3) is 33.3 Å². The molecule has 0 saturated heterocycles. The molecule has 0 unspecified atom stereocenters. The van der Waals surface area contributed by atoms with Crippen LogP contribution in [0.2, 0.25) is 5.15 Å². The Bertz CT molecular complexity index is 1490. The van der Waals surface area contributed by atoms with Crippen LogP contribution in [0.4, 0.5) is 5.69 Å². The van der Waals surface area contributed by atoms with Gasteiger partial charge in [-0.1, -0.05) is 29.8 Å². The second-order valence-corrected chi connectivity index (χ2v) is 7.02. The van der Waals surface area contributed by atoms with Crippen molar-refractivity contribution in [2.75, 3.05) is 5.32 Å². The number of hydrogen-bond acceptors (Lipinski definition) is 4. The van der Waals surface area contributed by atoms with Crippen molar-refractivity contribution in [2.45, 2.75) is 6.92 Å². The molecule has 1 aromatic carbocycles. The molecular formula is C21H14ClN5O2. The van der Waals surface area contributed by atoms with Crippen molar-refractivity contribution in [2.24, 2.45) is 0 Å². The number of pyridine rings is 3. The standard InChI is InChI=1S/C21H14ClN5O2/c1-12(28)24-13-6-9-18-25-19-15-4-2-3-5-16(15)21(29)27(20(19)26(18)11-13)14-7-8-17(22)23-10-14/h2-11H,1H3,(H,24,28). The van der Waals surface area contributed by atoms with Crippen molar-refractivity contribution in [1.29, 1.82) is 0 Å². The molecule has 4 heterocycles. The Morgan fingerprint density at radius 3 is 2.59 bits per heavy atom. The zero-order valence-electron chi connectivity index (χ0n) is 15.3. The number of carbonyl (C=O) groups excluding carboxylic acids is 1. The summed E-state index contributed by atoms with van der Waals surface area (Å²) in [6.07, 6.45) is 3.30. The maximum Gasteiger partial charge on any atom is 0.264 e. The van der Waals surface area contributed by atoms with Crippen LogP contribution in [0.1, 0.15) is 6.92 Å². The molecule has 29 heavy (non-hydrogen) atoms. The molecule has 1 amide bonds. The van der Waals surface area contributed by atoms with E-state index < -0.39 is 0 Å². The van der Waals surface area contributed by atoms with Gasteiger partial charge in [-0.25, -0.2) is 9.97 Å². The molecule has 8 heteroatoms. The SMILES string of the molecule is CC(=O)Nc1ccc2nc3c4ccccc4c(=O)n(-c4ccc(Cl)nc4)c3n2c1. The summed E-state index contributed by atoms with van der Waals surface area (Å²) in [5.41, 5.74) is 2.90. The van der Waals surface area contributed by atoms with Gasteiger partial charge in [0.05, 0.1) is 17.6 Å². The molecule has 142 valence electrons. The van der Waals surface area contributed by atoms with Crippen LogP contribution in [-0.2, 0) is 4.79 Å². The molecule has 1 N–H and O–H groups in total. The van der Waals surface area contributed by atoms with E-state index >= 15 is 0 Å². The van der Waals surface area contributed by atoms with Crippen LogP contribution < -0.4 is 10.9 Å². The van der Waals surface area contributed by atoms with Gasteiger partial charge < -0.3 is 5.32 Å². The predicted octanol–water partition coefficient (Wildman–Crippen LogP) is 3.80. The Morgan fingerprint density at radius 2 is 1.86 bits per heavy atom. The fourth-order valence-electron chi connectivity index (χ4n) is 3.54. The topological polar surface area (TPSA) is 81.3 Å². The van der Waals surface area contributed by atoms with Crippen LogP contribution >= 0.6 is 11.6 Å². The van der Waals surface area contributed by atoms with E-state index in [1.165, 1.54) is 6.92 Å². The molecule has 7 nitrogen and oxygen atoms in total. The fourth-order valence-corrected chi connectivity index (χ4v) is 3.65. The Hall–Kier alpha value is -3.71. The number of nitrogens with zero attached hydrogens (tertiary/aromatic N) is 4. The zero-order valence-corrected chi connectivity index (χ0v) is 16.0. The summed E-state index contributed by atoms with van der Waals surface area (Å²) in [7, 11) is 0. The highest BCUT2D eigenvalue weighted by molar-refractivity contribution is 6.29. The number of fused-ring (bicyclic) bond motifs is 5. The molecule has 0 aliphatic carbocycles. The molecule has 0 fully saturated rings. The fraction of sp³-hybridized carbons (Fsp3) is 0.0476. The summed E-state index contributed by atoms with van der Waals surface area (Å²) in [5, 5.41) is 4.42. The largest absolute Gasteiger partial charge is 0.325 e. The van der Waals surface area contributed by atoms with Crippen LogP contribution in [0.15, 0.2) is 65.7 Å². The molecule has 0 aliphatic rings. The number of anilines is 1. The molecule has 4 aromatic heterocycles. The van der Waals surface area contributed by atoms with Gasteiger partial charge in [-0.05, 0) is 30.3 Å². The first-order valence-electron chi connectivity index (χ1n) is 8.88. The van der Waals surface area contributed by atoms with Gasteiger partial charge in [0.2, 0.25) is 5.91 Å². The first-order valence-corrected chi connectivity index (χ1v) is 9.26. The van der Waals surface area contributed by atoms with Crippen LogP contribution in [0, 0.1) is 0 Å². The van der Waals surface area contributed by atoms with Gasteiger partial charge in [-0.2, -0.15) is 0 Å². The predicted molar refractivity (Wildman–Crippen MR) is 113 cm³/mol. The second kappa shape index (κ2) is 6.42. The Labute approximate surface area is 169 Å². The van der Waals surface area contributed by atoms with Gasteiger partial charge >= 0.3 is 0 Å². The maximum absolute atomic E-state index is 13.4.